The maximum atomic E-state index is 12.0. The van der Waals surface area contributed by atoms with E-state index < -0.39 is 16.8 Å². The van der Waals surface area contributed by atoms with Crippen LogP contribution in [0.15, 0.2) is 30.3 Å². The minimum Gasteiger partial charge on any atom is -0.463 e. The van der Waals surface area contributed by atoms with Gasteiger partial charge in [-0.1, -0.05) is 47.5 Å². The highest BCUT2D eigenvalue weighted by molar-refractivity contribution is 6.44. The van der Waals surface area contributed by atoms with Crippen molar-refractivity contribution in [3.05, 3.63) is 40.4 Å². The van der Waals surface area contributed by atoms with Crippen LogP contribution < -0.4 is 4.74 Å². The van der Waals surface area contributed by atoms with E-state index in [2.05, 4.69) is 0 Å². The van der Waals surface area contributed by atoms with Crippen molar-refractivity contribution in [2.75, 3.05) is 6.61 Å². The van der Waals surface area contributed by atoms with Crippen LogP contribution in [-0.2, 0) is 14.3 Å². The highest BCUT2D eigenvalue weighted by Gasteiger charge is 2.15. The molecule has 2 aromatic carbocycles. The standard InChI is InChI=1S/C17H14Cl4O4/c18-12-8-13(19)17(11-5-2-1-4-10(11)12)25-16(23)7-3-6-15(22)24-9-14(20)21/h1-2,4-5,8,14H,3,6-7,9H2. The molecule has 0 saturated heterocycles. The van der Waals surface area contributed by atoms with E-state index in [9.17, 15) is 9.59 Å². The first-order valence-electron chi connectivity index (χ1n) is 7.39. The van der Waals surface area contributed by atoms with Gasteiger partial charge in [-0.25, -0.2) is 0 Å². The lowest BCUT2D eigenvalue weighted by Gasteiger charge is -2.11. The fraction of sp³-hybridized carbons (Fsp3) is 0.294. The SMILES string of the molecule is O=C(CCCC(=O)Oc1c(Cl)cc(Cl)c2ccccc12)OCC(Cl)Cl. The maximum absolute atomic E-state index is 12.0. The molecule has 0 aliphatic heterocycles. The van der Waals surface area contributed by atoms with E-state index in [1.807, 2.05) is 12.1 Å². The largest absolute Gasteiger partial charge is 0.463 e. The number of carbonyl (C=O) groups excluding carboxylic acids is 2. The molecule has 0 spiro atoms. The number of rotatable bonds is 7. The first kappa shape index (κ1) is 20.1. The molecule has 0 heterocycles. The van der Waals surface area contributed by atoms with Crippen molar-refractivity contribution in [2.45, 2.75) is 24.1 Å². The van der Waals surface area contributed by atoms with E-state index in [4.69, 9.17) is 55.9 Å². The molecule has 8 heteroatoms. The molecule has 0 saturated carbocycles. The molecular weight excluding hydrogens is 410 g/mol. The van der Waals surface area contributed by atoms with Gasteiger partial charge in [-0.2, -0.15) is 0 Å². The van der Waals surface area contributed by atoms with Crippen LogP contribution >= 0.6 is 46.4 Å². The summed E-state index contributed by atoms with van der Waals surface area (Å²) in [7, 11) is 0. The molecule has 0 aliphatic rings. The van der Waals surface area contributed by atoms with E-state index in [1.54, 1.807) is 12.1 Å². The Bertz CT molecular complexity index is 777. The number of halogens is 4. The van der Waals surface area contributed by atoms with Gasteiger partial charge in [-0.05, 0) is 12.5 Å². The van der Waals surface area contributed by atoms with E-state index in [0.29, 0.717) is 10.4 Å². The number of alkyl halides is 2. The predicted molar refractivity (Wildman–Crippen MR) is 99.9 cm³/mol. The van der Waals surface area contributed by atoms with E-state index in [1.165, 1.54) is 6.07 Å². The lowest BCUT2D eigenvalue weighted by molar-refractivity contribution is -0.143. The molecule has 0 unspecified atom stereocenters. The van der Waals surface area contributed by atoms with Crippen molar-refractivity contribution in [3.8, 4) is 5.75 Å². The number of carbonyl (C=O) groups is 2. The topological polar surface area (TPSA) is 52.6 Å². The second kappa shape index (κ2) is 9.48. The molecule has 4 nitrogen and oxygen atoms in total. The van der Waals surface area contributed by atoms with Gasteiger partial charge in [-0.15, -0.1) is 23.2 Å². The quantitative estimate of drug-likeness (QED) is 0.332. The molecule has 2 aromatic rings. The third-order valence-corrected chi connectivity index (χ3v) is 4.09. The molecule has 0 bridgehead atoms. The fourth-order valence-corrected chi connectivity index (χ4v) is 2.85. The summed E-state index contributed by atoms with van der Waals surface area (Å²) < 4.78 is 10.2. The van der Waals surface area contributed by atoms with Crippen LogP contribution in [0.2, 0.25) is 10.0 Å². The first-order valence-corrected chi connectivity index (χ1v) is 9.02. The first-order chi connectivity index (χ1) is 11.9. The summed E-state index contributed by atoms with van der Waals surface area (Å²) in [6.45, 7) is -0.0846. The lowest BCUT2D eigenvalue weighted by atomic mass is 10.1. The molecule has 0 aromatic heterocycles. The smallest absolute Gasteiger partial charge is 0.311 e. The molecule has 0 amide bonds. The number of esters is 2. The van der Waals surface area contributed by atoms with Gasteiger partial charge in [0, 0.05) is 23.6 Å². The lowest BCUT2D eigenvalue weighted by Crippen LogP contribution is -2.12. The third-order valence-electron chi connectivity index (χ3n) is 3.25. The summed E-state index contributed by atoms with van der Waals surface area (Å²) in [5, 5.41) is 2.09. The van der Waals surface area contributed by atoms with Gasteiger partial charge in [0.05, 0.1) is 10.0 Å². The normalized spacial score (nSPS) is 10.9. The molecule has 2 rings (SSSR count). The second-order valence-corrected chi connectivity index (χ2v) is 7.21. The number of hydrogen-bond donors (Lipinski definition) is 0. The van der Waals surface area contributed by atoms with Crippen LogP contribution in [-0.4, -0.2) is 23.4 Å². The molecule has 0 aliphatic carbocycles. The maximum Gasteiger partial charge on any atom is 0.311 e. The minimum absolute atomic E-state index is 0.0353. The Morgan fingerprint density at radius 3 is 2.28 bits per heavy atom. The van der Waals surface area contributed by atoms with Gasteiger partial charge in [0.1, 0.15) is 11.4 Å². The summed E-state index contributed by atoms with van der Waals surface area (Å²) in [5.74, 6) is -0.731. The number of hydrogen-bond acceptors (Lipinski definition) is 4. The Labute approximate surface area is 164 Å². The van der Waals surface area contributed by atoms with Crippen LogP contribution in [0.25, 0.3) is 10.8 Å². The van der Waals surface area contributed by atoms with E-state index >= 15 is 0 Å². The molecule has 134 valence electrons. The molecule has 25 heavy (non-hydrogen) atoms. The van der Waals surface area contributed by atoms with Crippen LogP contribution in [0.5, 0.6) is 5.75 Å². The van der Waals surface area contributed by atoms with Crippen molar-refractivity contribution >= 4 is 69.1 Å². The van der Waals surface area contributed by atoms with Gasteiger partial charge in [0.25, 0.3) is 0 Å². The van der Waals surface area contributed by atoms with Crippen LogP contribution in [0.1, 0.15) is 19.3 Å². The summed E-state index contributed by atoms with van der Waals surface area (Å²) in [6.07, 6.45) is 0.369. The Balaban J connectivity index is 1.95. The van der Waals surface area contributed by atoms with Gasteiger partial charge < -0.3 is 9.47 Å². The van der Waals surface area contributed by atoms with Crippen molar-refractivity contribution in [2.24, 2.45) is 0 Å². The molecule has 0 radical (unpaired) electrons. The van der Waals surface area contributed by atoms with Crippen molar-refractivity contribution in [3.63, 3.8) is 0 Å². The molecular formula is C17H14Cl4O4. The minimum atomic E-state index is -0.769. The highest BCUT2D eigenvalue weighted by Crippen LogP contribution is 2.38. The molecule has 0 fully saturated rings. The van der Waals surface area contributed by atoms with Crippen molar-refractivity contribution in [1.29, 1.82) is 0 Å². The fourth-order valence-electron chi connectivity index (χ4n) is 2.15. The predicted octanol–water partition coefficient (Wildman–Crippen LogP) is 5.57. The third kappa shape index (κ3) is 5.93. The van der Waals surface area contributed by atoms with Gasteiger partial charge in [0.15, 0.2) is 5.75 Å². The van der Waals surface area contributed by atoms with Gasteiger partial charge in [0.2, 0.25) is 0 Å². The molecule has 0 atom stereocenters. The summed E-state index contributed by atoms with van der Waals surface area (Å²) >= 11 is 23.2. The average molecular weight is 424 g/mol. The Kier molecular flexibility index (Phi) is 7.63. The van der Waals surface area contributed by atoms with Gasteiger partial charge >= 0.3 is 11.9 Å². The highest BCUT2D eigenvalue weighted by atomic mass is 35.5. The monoisotopic (exact) mass is 422 g/mol. The number of benzene rings is 2. The number of fused-ring (bicyclic) bond motifs is 1. The zero-order chi connectivity index (χ0) is 18.4. The van der Waals surface area contributed by atoms with Crippen LogP contribution in [0.3, 0.4) is 0 Å². The van der Waals surface area contributed by atoms with Crippen LogP contribution in [0, 0.1) is 0 Å². The number of ether oxygens (including phenoxy) is 2. The van der Waals surface area contributed by atoms with Crippen molar-refractivity contribution < 1.29 is 19.1 Å². The Morgan fingerprint density at radius 1 is 0.960 bits per heavy atom. The zero-order valence-corrected chi connectivity index (χ0v) is 16.0. The summed E-state index contributed by atoms with van der Waals surface area (Å²) in [4.78, 5) is 22.7. The Hall–Kier alpha value is -1.20. The van der Waals surface area contributed by atoms with Crippen molar-refractivity contribution in [1.82, 2.24) is 0 Å². The summed E-state index contributed by atoms with van der Waals surface area (Å²) in [6, 6.07) is 8.72. The van der Waals surface area contributed by atoms with E-state index in [-0.39, 0.29) is 36.6 Å². The average Bonchev–Trinajstić information content (AvgIpc) is 2.57. The van der Waals surface area contributed by atoms with E-state index in [0.717, 1.165) is 5.39 Å². The van der Waals surface area contributed by atoms with Crippen LogP contribution in [0.4, 0.5) is 0 Å². The Morgan fingerprint density at radius 2 is 1.60 bits per heavy atom. The van der Waals surface area contributed by atoms with Gasteiger partial charge in [-0.3, -0.25) is 9.59 Å². The molecule has 0 N–H and O–H groups in total. The zero-order valence-electron chi connectivity index (χ0n) is 12.9. The second-order valence-electron chi connectivity index (χ2n) is 5.12. The summed E-state index contributed by atoms with van der Waals surface area (Å²) in [5.41, 5.74) is 0.